The summed E-state index contributed by atoms with van der Waals surface area (Å²) in [6.07, 6.45) is 5.20. The van der Waals surface area contributed by atoms with Crippen LogP contribution in [0.4, 0.5) is 4.79 Å². The van der Waals surface area contributed by atoms with Crippen LogP contribution in [0.2, 0.25) is 0 Å². The minimum Gasteiger partial charge on any atom is -0.458 e. The second-order valence-electron chi connectivity index (χ2n) is 6.85. The number of alkyl carbamates (subject to hydrolysis) is 1. The first kappa shape index (κ1) is 20.7. The summed E-state index contributed by atoms with van der Waals surface area (Å²) in [7, 11) is 0. The Morgan fingerprint density at radius 3 is 2.48 bits per heavy atom. The number of carbonyl (C=O) groups is 2. The first-order valence-corrected chi connectivity index (χ1v) is 8.68. The van der Waals surface area contributed by atoms with Crippen molar-refractivity contribution in [1.29, 1.82) is 0 Å². The lowest BCUT2D eigenvalue weighted by Crippen LogP contribution is -2.38. The molecule has 1 aromatic carbocycles. The normalized spacial score (nSPS) is 12.6. The number of nitrogens with one attached hydrogen (secondary N) is 1. The molecule has 138 valence electrons. The monoisotopic (exact) mass is 347 g/mol. The number of amides is 1. The van der Waals surface area contributed by atoms with Crippen LogP contribution >= 0.6 is 0 Å². The Morgan fingerprint density at radius 2 is 1.88 bits per heavy atom. The van der Waals surface area contributed by atoms with E-state index >= 15 is 0 Å². The third-order valence-electron chi connectivity index (χ3n) is 3.26. The molecule has 0 fully saturated rings. The fraction of sp³-hybridized carbons (Fsp3) is 0.500. The summed E-state index contributed by atoms with van der Waals surface area (Å²) in [4.78, 5) is 23.8. The Balaban J connectivity index is 2.52. The van der Waals surface area contributed by atoms with Crippen molar-refractivity contribution in [3.8, 4) is 0 Å². The second kappa shape index (κ2) is 10.5. The fourth-order valence-electron chi connectivity index (χ4n) is 2.07. The Morgan fingerprint density at radius 1 is 1.20 bits per heavy atom. The number of ether oxygens (including phenoxy) is 2. The maximum absolute atomic E-state index is 11.9. The molecular weight excluding hydrogens is 318 g/mol. The van der Waals surface area contributed by atoms with Crippen LogP contribution in [-0.4, -0.2) is 23.7 Å². The van der Waals surface area contributed by atoms with Gasteiger partial charge in [-0.3, -0.25) is 0 Å². The molecule has 1 aromatic rings. The average molecular weight is 347 g/mol. The molecule has 0 aliphatic rings. The van der Waals surface area contributed by atoms with Gasteiger partial charge in [-0.15, -0.1) is 0 Å². The van der Waals surface area contributed by atoms with Gasteiger partial charge in [0, 0.05) is 6.08 Å². The summed E-state index contributed by atoms with van der Waals surface area (Å²) in [5.41, 5.74) is 0.371. The Bertz CT molecular complexity index is 561. The van der Waals surface area contributed by atoms with Crippen LogP contribution in [0, 0.1) is 0 Å². The highest BCUT2D eigenvalue weighted by atomic mass is 16.6. The summed E-state index contributed by atoms with van der Waals surface area (Å²) >= 11 is 0. The first-order valence-electron chi connectivity index (χ1n) is 8.68. The van der Waals surface area contributed by atoms with Crippen LogP contribution in [0.15, 0.2) is 42.5 Å². The maximum Gasteiger partial charge on any atom is 0.408 e. The minimum atomic E-state index is -0.558. The van der Waals surface area contributed by atoms with Crippen molar-refractivity contribution in [1.82, 2.24) is 5.32 Å². The van der Waals surface area contributed by atoms with Gasteiger partial charge in [0.2, 0.25) is 0 Å². The van der Waals surface area contributed by atoms with Crippen LogP contribution < -0.4 is 5.32 Å². The Hall–Kier alpha value is -2.30. The molecule has 0 unspecified atom stereocenters. The lowest BCUT2D eigenvalue weighted by atomic mass is 10.1. The lowest BCUT2D eigenvalue weighted by Gasteiger charge is -2.22. The molecule has 1 amide bonds. The molecular formula is C20H29NO4. The molecule has 0 spiro atoms. The third kappa shape index (κ3) is 10.2. The molecule has 25 heavy (non-hydrogen) atoms. The molecule has 0 bridgehead atoms. The molecule has 0 radical (unpaired) electrons. The van der Waals surface area contributed by atoms with Crippen molar-refractivity contribution in [3.63, 3.8) is 0 Å². The van der Waals surface area contributed by atoms with E-state index in [4.69, 9.17) is 9.47 Å². The van der Waals surface area contributed by atoms with Gasteiger partial charge in [-0.1, -0.05) is 56.2 Å². The van der Waals surface area contributed by atoms with Gasteiger partial charge in [-0.25, -0.2) is 9.59 Å². The zero-order chi connectivity index (χ0) is 18.7. The van der Waals surface area contributed by atoms with Crippen molar-refractivity contribution >= 4 is 12.1 Å². The lowest BCUT2D eigenvalue weighted by molar-refractivity contribution is -0.139. The smallest absolute Gasteiger partial charge is 0.408 e. The highest BCUT2D eigenvalue weighted by molar-refractivity contribution is 5.82. The number of hydrogen-bond acceptors (Lipinski definition) is 4. The zero-order valence-corrected chi connectivity index (χ0v) is 15.6. The van der Waals surface area contributed by atoms with E-state index in [0.717, 1.165) is 24.8 Å². The topological polar surface area (TPSA) is 64.6 Å². The minimum absolute atomic E-state index is 0.225. The summed E-state index contributed by atoms with van der Waals surface area (Å²) in [5, 5.41) is 2.78. The van der Waals surface area contributed by atoms with Gasteiger partial charge in [0.05, 0.1) is 6.04 Å². The average Bonchev–Trinajstić information content (AvgIpc) is 2.54. The molecule has 0 heterocycles. The highest BCUT2D eigenvalue weighted by Gasteiger charge is 2.18. The standard InChI is InChI=1S/C20H29NO4/c1-5-6-12-17(21-19(23)25-20(2,3)4)13-14-18(22)24-15-16-10-8-7-9-11-16/h7-11,13-14,17H,5-6,12,15H2,1-4H3,(H,21,23)/b14-13+/t17-/m1/s1. The van der Waals surface area contributed by atoms with Crippen LogP contribution in [0.3, 0.4) is 0 Å². The molecule has 0 aromatic heterocycles. The van der Waals surface area contributed by atoms with Crippen LogP contribution in [0.25, 0.3) is 0 Å². The van der Waals surface area contributed by atoms with Crippen LogP contribution in [-0.2, 0) is 20.9 Å². The van der Waals surface area contributed by atoms with E-state index in [9.17, 15) is 9.59 Å². The van der Waals surface area contributed by atoms with E-state index in [0.29, 0.717) is 0 Å². The summed E-state index contributed by atoms with van der Waals surface area (Å²) in [5.74, 6) is -0.434. The molecule has 1 N–H and O–H groups in total. The highest BCUT2D eigenvalue weighted by Crippen LogP contribution is 2.09. The molecule has 0 saturated heterocycles. The molecule has 5 heteroatoms. The number of carbonyl (C=O) groups excluding carboxylic acids is 2. The molecule has 0 aliphatic carbocycles. The Kier molecular flexibility index (Phi) is 8.75. The SMILES string of the molecule is CCCC[C@H](/C=C/C(=O)OCc1ccccc1)NC(=O)OC(C)(C)C. The van der Waals surface area contributed by atoms with E-state index < -0.39 is 17.7 Å². The number of hydrogen-bond donors (Lipinski definition) is 1. The van der Waals surface area contributed by atoms with Crippen LogP contribution in [0.5, 0.6) is 0 Å². The van der Waals surface area contributed by atoms with Crippen molar-refractivity contribution < 1.29 is 19.1 Å². The van der Waals surface area contributed by atoms with Crippen molar-refractivity contribution in [2.75, 3.05) is 0 Å². The number of benzene rings is 1. The summed E-state index contributed by atoms with van der Waals surface area (Å²) in [6.45, 7) is 7.73. The second-order valence-corrected chi connectivity index (χ2v) is 6.85. The fourth-order valence-corrected chi connectivity index (χ4v) is 2.07. The van der Waals surface area contributed by atoms with E-state index in [-0.39, 0.29) is 12.6 Å². The predicted molar refractivity (Wildman–Crippen MR) is 98.1 cm³/mol. The Labute approximate surface area is 150 Å². The van der Waals surface area contributed by atoms with Crippen molar-refractivity contribution in [3.05, 3.63) is 48.0 Å². The molecule has 0 aliphatic heterocycles. The van der Waals surface area contributed by atoms with E-state index in [1.54, 1.807) is 6.08 Å². The summed E-state index contributed by atoms with van der Waals surface area (Å²) < 4.78 is 10.5. The maximum atomic E-state index is 11.9. The third-order valence-corrected chi connectivity index (χ3v) is 3.26. The summed E-state index contributed by atoms with van der Waals surface area (Å²) in [6, 6.07) is 9.22. The number of unbranched alkanes of at least 4 members (excludes halogenated alkanes) is 1. The molecule has 1 rings (SSSR count). The quantitative estimate of drug-likeness (QED) is 0.560. The largest absolute Gasteiger partial charge is 0.458 e. The van der Waals surface area contributed by atoms with Gasteiger partial charge in [0.25, 0.3) is 0 Å². The van der Waals surface area contributed by atoms with E-state index in [1.807, 2.05) is 51.1 Å². The molecule has 5 nitrogen and oxygen atoms in total. The number of rotatable bonds is 8. The van der Waals surface area contributed by atoms with Gasteiger partial charge in [-0.2, -0.15) is 0 Å². The molecule has 1 atom stereocenters. The van der Waals surface area contributed by atoms with Gasteiger partial charge >= 0.3 is 12.1 Å². The predicted octanol–water partition coefficient (Wildman–Crippen LogP) is 4.37. The van der Waals surface area contributed by atoms with Crippen molar-refractivity contribution in [2.24, 2.45) is 0 Å². The van der Waals surface area contributed by atoms with Gasteiger partial charge in [-0.05, 0) is 32.8 Å². The first-order chi connectivity index (χ1) is 11.8. The number of esters is 1. The van der Waals surface area contributed by atoms with E-state index in [2.05, 4.69) is 12.2 Å². The van der Waals surface area contributed by atoms with Gasteiger partial charge < -0.3 is 14.8 Å². The van der Waals surface area contributed by atoms with Gasteiger partial charge in [0.15, 0.2) is 0 Å². The molecule has 0 saturated carbocycles. The van der Waals surface area contributed by atoms with Crippen LogP contribution in [0.1, 0.15) is 52.5 Å². The van der Waals surface area contributed by atoms with Crippen molar-refractivity contribution in [2.45, 2.75) is 65.2 Å². The zero-order valence-electron chi connectivity index (χ0n) is 15.6. The van der Waals surface area contributed by atoms with Gasteiger partial charge in [0.1, 0.15) is 12.2 Å². The van der Waals surface area contributed by atoms with E-state index in [1.165, 1.54) is 6.08 Å².